The molecule has 0 unspecified atom stereocenters. The van der Waals surface area contributed by atoms with Gasteiger partial charge >= 0.3 is 0 Å². The lowest BCUT2D eigenvalue weighted by molar-refractivity contribution is -0.117. The van der Waals surface area contributed by atoms with Crippen molar-refractivity contribution in [2.45, 2.75) is 28.6 Å². The Labute approximate surface area is 213 Å². The number of carbonyl (C=O) groups excluding carboxylic acids is 2. The maximum absolute atomic E-state index is 12.9. The van der Waals surface area contributed by atoms with Crippen LogP contribution in [0.3, 0.4) is 0 Å². The number of rotatable bonds is 5. The molecule has 2 amide bonds. The first-order valence-electron chi connectivity index (χ1n) is 9.35. The summed E-state index contributed by atoms with van der Waals surface area (Å²) in [6.45, 7) is 0. The first kappa shape index (κ1) is 23.8. The summed E-state index contributed by atoms with van der Waals surface area (Å²) in [6, 6.07) is 9.68. The predicted octanol–water partition coefficient (Wildman–Crippen LogP) is 6.61. The summed E-state index contributed by atoms with van der Waals surface area (Å²) >= 11 is 37.1. The molecule has 0 radical (unpaired) electrons. The van der Waals surface area contributed by atoms with Gasteiger partial charge in [0.05, 0.1) is 37.6 Å². The molecule has 2 aromatic rings. The van der Waals surface area contributed by atoms with Crippen LogP contribution in [0.2, 0.25) is 20.1 Å². The number of benzene rings is 2. The lowest BCUT2D eigenvalue weighted by Gasteiger charge is -2.12. The third-order valence-corrected chi connectivity index (χ3v) is 7.96. The van der Waals surface area contributed by atoms with Crippen LogP contribution in [0.1, 0.15) is 34.7 Å². The number of nitriles is 1. The molecule has 11 heteroatoms. The molecule has 2 aliphatic carbocycles. The fourth-order valence-electron chi connectivity index (χ4n) is 3.49. The molecular weight excluding hydrogens is 539 g/mol. The molecule has 0 spiro atoms. The first-order chi connectivity index (χ1) is 15.0. The van der Waals surface area contributed by atoms with Gasteiger partial charge in [-0.05, 0) is 48.7 Å². The second-order valence-electron chi connectivity index (χ2n) is 7.76. The summed E-state index contributed by atoms with van der Waals surface area (Å²) in [5, 5.41) is 15.4. The molecule has 5 nitrogen and oxygen atoms in total. The van der Waals surface area contributed by atoms with Crippen molar-refractivity contribution in [1.29, 1.82) is 5.26 Å². The first-order valence-corrected chi connectivity index (χ1v) is 11.6. The van der Waals surface area contributed by atoms with Gasteiger partial charge in [-0.1, -0.05) is 46.4 Å². The molecule has 0 aromatic heterocycles. The van der Waals surface area contributed by atoms with Crippen molar-refractivity contribution in [3.63, 3.8) is 0 Å². The van der Waals surface area contributed by atoms with Crippen LogP contribution < -0.4 is 10.6 Å². The maximum Gasteiger partial charge on any atom is 0.254 e. The van der Waals surface area contributed by atoms with Crippen molar-refractivity contribution in [3.8, 4) is 6.07 Å². The molecule has 4 rings (SSSR count). The molecule has 0 heterocycles. The number of anilines is 1. The SMILES string of the molecule is N#CC1(NC(=O)c2cc(NC(=O)[C@@H]3[C@@H](c4cc(Cl)c(Cl)c(Cl)c4)C3(Cl)Cl)ccc2Cl)CC1. The maximum atomic E-state index is 12.9. The molecule has 2 atom stereocenters. The number of halogens is 6. The number of nitrogens with one attached hydrogen (secondary N) is 2. The zero-order chi connectivity index (χ0) is 23.4. The van der Waals surface area contributed by atoms with Crippen molar-refractivity contribution in [1.82, 2.24) is 5.32 Å². The average molecular weight is 552 g/mol. The average Bonchev–Trinajstić information content (AvgIpc) is 3.62. The molecule has 2 fully saturated rings. The van der Waals surface area contributed by atoms with E-state index in [1.165, 1.54) is 12.1 Å². The molecular formula is C21H13Cl6N3O2. The van der Waals surface area contributed by atoms with E-state index in [9.17, 15) is 14.9 Å². The Bertz CT molecular complexity index is 1170. The summed E-state index contributed by atoms with van der Waals surface area (Å²) in [5.41, 5.74) is 0.196. The highest BCUT2D eigenvalue weighted by molar-refractivity contribution is 6.54. The minimum Gasteiger partial charge on any atom is -0.334 e. The van der Waals surface area contributed by atoms with Crippen LogP contribution in [-0.4, -0.2) is 21.7 Å². The van der Waals surface area contributed by atoms with Crippen LogP contribution in [0.15, 0.2) is 30.3 Å². The highest BCUT2D eigenvalue weighted by Crippen LogP contribution is 2.65. The van der Waals surface area contributed by atoms with Gasteiger partial charge in [0.2, 0.25) is 5.91 Å². The van der Waals surface area contributed by atoms with Crippen molar-refractivity contribution < 1.29 is 9.59 Å². The molecule has 0 aliphatic heterocycles. The van der Waals surface area contributed by atoms with Gasteiger partial charge in [0.15, 0.2) is 0 Å². The van der Waals surface area contributed by atoms with Gasteiger partial charge in [0.25, 0.3) is 5.91 Å². The van der Waals surface area contributed by atoms with Gasteiger partial charge < -0.3 is 10.6 Å². The Hall–Kier alpha value is -1.39. The van der Waals surface area contributed by atoms with E-state index in [2.05, 4.69) is 16.7 Å². The van der Waals surface area contributed by atoms with Gasteiger partial charge in [-0.2, -0.15) is 5.26 Å². The molecule has 32 heavy (non-hydrogen) atoms. The van der Waals surface area contributed by atoms with E-state index in [1.54, 1.807) is 18.2 Å². The monoisotopic (exact) mass is 549 g/mol. The van der Waals surface area contributed by atoms with Crippen molar-refractivity contribution >= 4 is 87.1 Å². The molecule has 2 saturated carbocycles. The zero-order valence-electron chi connectivity index (χ0n) is 16.0. The standard InChI is InChI=1S/C21H13Cl6N3O2/c22-12-2-1-10(7-11(12)18(31)30-20(8-28)3-4-20)29-19(32)16-15(21(16,26)27)9-5-13(23)17(25)14(24)6-9/h1-2,5-7,15-16H,3-4H2,(H,29,32)(H,30,31)/t15-,16+/m1/s1. The van der Waals surface area contributed by atoms with Crippen molar-refractivity contribution in [2.24, 2.45) is 5.92 Å². The number of alkyl halides is 2. The molecule has 0 bridgehead atoms. The quantitative estimate of drug-likeness (QED) is 0.324. The van der Waals surface area contributed by atoms with E-state index in [0.29, 0.717) is 24.1 Å². The summed E-state index contributed by atoms with van der Waals surface area (Å²) in [4.78, 5) is 25.5. The zero-order valence-corrected chi connectivity index (χ0v) is 20.5. The smallest absolute Gasteiger partial charge is 0.254 e. The van der Waals surface area contributed by atoms with Crippen LogP contribution in [0.4, 0.5) is 5.69 Å². The van der Waals surface area contributed by atoms with Gasteiger partial charge in [-0.15, -0.1) is 23.2 Å². The van der Waals surface area contributed by atoms with E-state index in [0.717, 1.165) is 0 Å². The highest BCUT2D eigenvalue weighted by Gasteiger charge is 2.67. The fraction of sp³-hybridized carbons (Fsp3) is 0.286. The van der Waals surface area contributed by atoms with Gasteiger partial charge in [-0.25, -0.2) is 0 Å². The van der Waals surface area contributed by atoms with Crippen molar-refractivity contribution in [3.05, 3.63) is 61.5 Å². The van der Waals surface area contributed by atoms with Crippen LogP contribution in [-0.2, 0) is 4.79 Å². The third kappa shape index (κ3) is 4.37. The van der Waals surface area contributed by atoms with Gasteiger partial charge in [-0.3, -0.25) is 9.59 Å². The van der Waals surface area contributed by atoms with Crippen molar-refractivity contribution in [2.75, 3.05) is 5.32 Å². The van der Waals surface area contributed by atoms with Crippen LogP contribution in [0.25, 0.3) is 0 Å². The summed E-state index contributed by atoms with van der Waals surface area (Å²) in [5.74, 6) is -2.30. The number of nitrogens with zero attached hydrogens (tertiary/aromatic N) is 1. The Morgan fingerprint density at radius 1 is 1.00 bits per heavy atom. The largest absolute Gasteiger partial charge is 0.334 e. The lowest BCUT2D eigenvalue weighted by atomic mass is 10.1. The molecule has 0 saturated heterocycles. The molecule has 2 aliphatic rings. The van der Waals surface area contributed by atoms with Crippen LogP contribution >= 0.6 is 69.6 Å². The summed E-state index contributed by atoms with van der Waals surface area (Å²) in [6.07, 6.45) is 1.16. The Morgan fingerprint density at radius 3 is 2.19 bits per heavy atom. The Morgan fingerprint density at radius 2 is 1.62 bits per heavy atom. The minimum atomic E-state index is -1.37. The second kappa shape index (κ2) is 8.43. The van der Waals surface area contributed by atoms with E-state index in [1.807, 2.05) is 0 Å². The van der Waals surface area contributed by atoms with E-state index in [-0.39, 0.29) is 25.7 Å². The van der Waals surface area contributed by atoms with E-state index < -0.39 is 33.5 Å². The lowest BCUT2D eigenvalue weighted by Crippen LogP contribution is -2.35. The van der Waals surface area contributed by atoms with Crippen LogP contribution in [0, 0.1) is 17.2 Å². The third-order valence-electron chi connectivity index (χ3n) is 5.50. The Kier molecular flexibility index (Phi) is 6.26. The number of hydrogen-bond donors (Lipinski definition) is 2. The highest BCUT2D eigenvalue weighted by atomic mass is 35.5. The van der Waals surface area contributed by atoms with E-state index in [4.69, 9.17) is 69.6 Å². The van der Waals surface area contributed by atoms with Gasteiger partial charge in [0.1, 0.15) is 9.87 Å². The summed E-state index contributed by atoms with van der Waals surface area (Å²) < 4.78 is -1.37. The van der Waals surface area contributed by atoms with Gasteiger partial charge in [0, 0.05) is 11.6 Å². The Balaban J connectivity index is 1.52. The number of carbonyl (C=O) groups is 2. The molecule has 2 aromatic carbocycles. The predicted molar refractivity (Wildman–Crippen MR) is 127 cm³/mol. The molecule has 166 valence electrons. The summed E-state index contributed by atoms with van der Waals surface area (Å²) in [7, 11) is 0. The topological polar surface area (TPSA) is 82.0 Å². The number of amides is 2. The normalized spacial score (nSPS) is 21.9. The number of hydrogen-bond acceptors (Lipinski definition) is 3. The second-order valence-corrected chi connectivity index (χ2v) is 10.8. The van der Waals surface area contributed by atoms with Crippen LogP contribution in [0.5, 0.6) is 0 Å². The minimum absolute atomic E-state index is 0.137. The van der Waals surface area contributed by atoms with E-state index >= 15 is 0 Å². The molecule has 2 N–H and O–H groups in total. The fourth-order valence-corrected chi connectivity index (χ4v) is 5.14.